The molecular formula is C38H38N4O12. The van der Waals surface area contributed by atoms with Crippen LogP contribution in [0.3, 0.4) is 0 Å². The van der Waals surface area contributed by atoms with Crippen molar-refractivity contribution in [1.82, 2.24) is 10.9 Å². The molecule has 16 nitrogen and oxygen atoms in total. The molecule has 0 aliphatic rings. The first-order valence-corrected chi connectivity index (χ1v) is 16.0. The number of hydrazone groups is 2. The van der Waals surface area contributed by atoms with Crippen molar-refractivity contribution in [1.29, 1.82) is 0 Å². The van der Waals surface area contributed by atoms with E-state index in [0.29, 0.717) is 45.6 Å². The standard InChI is InChI=1S/C38H38N4O12/c1-47-29-17-25(18-30(48-2)35(29)51-5)37(45)53-27-11-7-9-23(15-27)21-39-41-33(43)13-14-34(44)42-40-22-24-10-8-12-28(16-24)54-38(46)26-19-31(49-3)36(52-6)32(20-26)50-4/h7-12,15-22H,13-14H2,1-6H3,(H,41,43)(H,42,44). The van der Waals surface area contributed by atoms with Gasteiger partial charge in [-0.25, -0.2) is 20.4 Å². The van der Waals surface area contributed by atoms with Crippen LogP contribution >= 0.6 is 0 Å². The van der Waals surface area contributed by atoms with Crippen molar-refractivity contribution in [2.45, 2.75) is 12.8 Å². The molecule has 0 atom stereocenters. The lowest BCUT2D eigenvalue weighted by Gasteiger charge is -2.13. The van der Waals surface area contributed by atoms with Gasteiger partial charge in [0.2, 0.25) is 23.3 Å². The lowest BCUT2D eigenvalue weighted by atomic mass is 10.1. The van der Waals surface area contributed by atoms with E-state index in [1.807, 2.05) is 0 Å². The van der Waals surface area contributed by atoms with Crippen LogP contribution in [-0.4, -0.2) is 78.8 Å². The third-order valence-corrected chi connectivity index (χ3v) is 7.32. The van der Waals surface area contributed by atoms with Gasteiger partial charge < -0.3 is 37.9 Å². The monoisotopic (exact) mass is 742 g/mol. The van der Waals surface area contributed by atoms with Crippen LogP contribution in [0.25, 0.3) is 0 Å². The number of rotatable bonds is 17. The summed E-state index contributed by atoms with van der Waals surface area (Å²) in [7, 11) is 8.66. The molecule has 0 heterocycles. The van der Waals surface area contributed by atoms with E-state index in [9.17, 15) is 19.2 Å². The van der Waals surface area contributed by atoms with Crippen LogP contribution < -0.4 is 48.7 Å². The summed E-state index contributed by atoms with van der Waals surface area (Å²) in [4.78, 5) is 50.2. The zero-order valence-corrected chi connectivity index (χ0v) is 30.3. The van der Waals surface area contributed by atoms with E-state index >= 15 is 0 Å². The van der Waals surface area contributed by atoms with Crippen LogP contribution in [-0.2, 0) is 9.59 Å². The number of hydrogen-bond acceptors (Lipinski definition) is 14. The molecule has 0 aliphatic heterocycles. The normalized spacial score (nSPS) is 10.7. The maximum absolute atomic E-state index is 12.8. The molecular weight excluding hydrogens is 704 g/mol. The number of carbonyl (C=O) groups is 4. The Kier molecular flexibility index (Phi) is 14.3. The molecule has 4 aromatic carbocycles. The van der Waals surface area contributed by atoms with Gasteiger partial charge in [0.25, 0.3) is 0 Å². The molecule has 2 amide bonds. The quantitative estimate of drug-likeness (QED) is 0.0665. The van der Waals surface area contributed by atoms with Crippen LogP contribution in [0.5, 0.6) is 46.0 Å². The molecule has 4 aromatic rings. The Labute approximate surface area is 310 Å². The molecule has 0 radical (unpaired) electrons. The van der Waals surface area contributed by atoms with E-state index < -0.39 is 23.8 Å². The van der Waals surface area contributed by atoms with Crippen molar-refractivity contribution in [3.05, 3.63) is 95.1 Å². The molecule has 16 heteroatoms. The topological polar surface area (TPSA) is 191 Å². The predicted molar refractivity (Wildman–Crippen MR) is 196 cm³/mol. The fraction of sp³-hybridized carbons (Fsp3) is 0.211. The summed E-state index contributed by atoms with van der Waals surface area (Å²) in [5.41, 5.74) is 6.09. The molecule has 0 spiro atoms. The van der Waals surface area contributed by atoms with Gasteiger partial charge >= 0.3 is 11.9 Å². The second-order valence-corrected chi connectivity index (χ2v) is 10.8. The molecule has 0 saturated carbocycles. The summed E-state index contributed by atoms with van der Waals surface area (Å²) in [6.07, 6.45) is 2.37. The van der Waals surface area contributed by atoms with Gasteiger partial charge in [0.05, 0.1) is 66.2 Å². The van der Waals surface area contributed by atoms with Crippen molar-refractivity contribution in [3.8, 4) is 46.0 Å². The number of ether oxygens (including phenoxy) is 8. The van der Waals surface area contributed by atoms with Crippen molar-refractivity contribution in [3.63, 3.8) is 0 Å². The third-order valence-electron chi connectivity index (χ3n) is 7.32. The van der Waals surface area contributed by atoms with E-state index in [1.54, 1.807) is 48.5 Å². The van der Waals surface area contributed by atoms with Crippen LogP contribution in [0.2, 0.25) is 0 Å². The maximum Gasteiger partial charge on any atom is 0.343 e. The summed E-state index contributed by atoms with van der Waals surface area (Å²) in [6.45, 7) is 0. The van der Waals surface area contributed by atoms with Crippen molar-refractivity contribution in [2.75, 3.05) is 42.7 Å². The van der Waals surface area contributed by atoms with Crippen LogP contribution in [0, 0.1) is 0 Å². The minimum absolute atomic E-state index is 0.169. The van der Waals surface area contributed by atoms with Crippen LogP contribution in [0.15, 0.2) is 83.0 Å². The molecule has 0 aromatic heterocycles. The first-order valence-electron chi connectivity index (χ1n) is 16.0. The Bertz CT molecular complexity index is 1850. The van der Waals surface area contributed by atoms with Gasteiger partial charge in [0.1, 0.15) is 11.5 Å². The van der Waals surface area contributed by atoms with Crippen molar-refractivity contribution < 1.29 is 57.1 Å². The Morgan fingerprint density at radius 2 is 0.870 bits per heavy atom. The number of nitrogens with one attached hydrogen (secondary N) is 2. The van der Waals surface area contributed by atoms with Gasteiger partial charge in [-0.15, -0.1) is 0 Å². The number of nitrogens with zero attached hydrogens (tertiary/aromatic N) is 2. The maximum atomic E-state index is 12.8. The van der Waals surface area contributed by atoms with Crippen LogP contribution in [0.1, 0.15) is 44.7 Å². The van der Waals surface area contributed by atoms with E-state index in [4.69, 9.17) is 37.9 Å². The minimum atomic E-state index is -0.664. The highest BCUT2D eigenvalue weighted by Gasteiger charge is 2.20. The lowest BCUT2D eigenvalue weighted by molar-refractivity contribution is -0.126. The number of methoxy groups -OCH3 is 6. The number of esters is 2. The SMILES string of the molecule is COc1cc(C(=O)Oc2cccc(C=NNC(=O)CCC(=O)NN=Cc3cccc(OC(=O)c4cc(OC)c(OC)c(OC)c4)c3)c2)cc(OC)c1OC. The Hall–Kier alpha value is -7.10. The average Bonchev–Trinajstić information content (AvgIpc) is 3.18. The highest BCUT2D eigenvalue weighted by atomic mass is 16.6. The fourth-order valence-electron chi connectivity index (χ4n) is 4.74. The van der Waals surface area contributed by atoms with Gasteiger partial charge in [-0.3, -0.25) is 9.59 Å². The van der Waals surface area contributed by atoms with Gasteiger partial charge in [-0.05, 0) is 59.7 Å². The predicted octanol–water partition coefficient (Wildman–Crippen LogP) is 4.56. The number of carbonyl (C=O) groups excluding carboxylic acids is 4. The molecule has 0 fully saturated rings. The summed E-state index contributed by atoms with van der Waals surface area (Å²) < 4.78 is 42.7. The summed E-state index contributed by atoms with van der Waals surface area (Å²) in [6, 6.07) is 18.8. The van der Waals surface area contributed by atoms with Crippen LogP contribution in [0.4, 0.5) is 0 Å². The van der Waals surface area contributed by atoms with E-state index in [0.717, 1.165) is 0 Å². The lowest BCUT2D eigenvalue weighted by Crippen LogP contribution is -2.22. The van der Waals surface area contributed by atoms with E-state index in [2.05, 4.69) is 21.1 Å². The van der Waals surface area contributed by atoms with E-state index in [-0.39, 0.29) is 35.5 Å². The number of hydrogen-bond donors (Lipinski definition) is 2. The molecule has 0 saturated heterocycles. The minimum Gasteiger partial charge on any atom is -0.493 e. The third kappa shape index (κ3) is 10.7. The largest absolute Gasteiger partial charge is 0.493 e. The number of amides is 2. The molecule has 2 N–H and O–H groups in total. The van der Waals surface area contributed by atoms with E-state index in [1.165, 1.54) is 79.4 Å². The molecule has 0 unspecified atom stereocenters. The summed E-state index contributed by atoms with van der Waals surface area (Å²) in [5, 5.41) is 7.82. The van der Waals surface area contributed by atoms with Gasteiger partial charge in [-0.1, -0.05) is 24.3 Å². The van der Waals surface area contributed by atoms with Crippen molar-refractivity contribution >= 4 is 36.2 Å². The second-order valence-electron chi connectivity index (χ2n) is 10.8. The highest BCUT2D eigenvalue weighted by Crippen LogP contribution is 2.39. The average molecular weight is 743 g/mol. The summed E-state index contributed by atoms with van der Waals surface area (Å²) in [5.74, 6) is -0.0570. The first-order chi connectivity index (χ1) is 26.1. The Balaban J connectivity index is 1.23. The first kappa shape index (κ1) is 39.7. The zero-order valence-electron chi connectivity index (χ0n) is 30.3. The smallest absolute Gasteiger partial charge is 0.343 e. The molecule has 54 heavy (non-hydrogen) atoms. The molecule has 0 aliphatic carbocycles. The zero-order chi connectivity index (χ0) is 39.0. The second kappa shape index (κ2) is 19.5. The van der Waals surface area contributed by atoms with Crippen molar-refractivity contribution in [2.24, 2.45) is 10.2 Å². The molecule has 282 valence electrons. The van der Waals surface area contributed by atoms with Gasteiger partial charge in [0, 0.05) is 12.8 Å². The number of benzene rings is 4. The van der Waals surface area contributed by atoms with Gasteiger partial charge in [-0.2, -0.15) is 10.2 Å². The molecule has 0 bridgehead atoms. The summed E-state index contributed by atoms with van der Waals surface area (Å²) >= 11 is 0. The highest BCUT2D eigenvalue weighted by molar-refractivity contribution is 5.94. The Morgan fingerprint density at radius 3 is 1.19 bits per heavy atom. The Morgan fingerprint density at radius 1 is 0.519 bits per heavy atom. The molecule has 4 rings (SSSR count). The van der Waals surface area contributed by atoms with Gasteiger partial charge in [0.15, 0.2) is 23.0 Å². The fourth-order valence-corrected chi connectivity index (χ4v) is 4.74.